The number of amides is 2. The summed E-state index contributed by atoms with van der Waals surface area (Å²) in [4.78, 5) is 24.8. The molecule has 0 saturated heterocycles. The number of hydrogen-bond donors (Lipinski definition) is 2. The molecular formula is C21H20Cl3N5O2S. The minimum atomic E-state index is -0.384. The summed E-state index contributed by atoms with van der Waals surface area (Å²) >= 11 is 19.0. The molecule has 0 fully saturated rings. The van der Waals surface area contributed by atoms with Crippen LogP contribution < -0.4 is 10.6 Å². The van der Waals surface area contributed by atoms with E-state index >= 15 is 0 Å². The van der Waals surface area contributed by atoms with Crippen LogP contribution in [0.15, 0.2) is 47.6 Å². The smallest absolute Gasteiger partial charge is 0.251 e. The maximum atomic E-state index is 12.5. The van der Waals surface area contributed by atoms with Gasteiger partial charge in [-0.3, -0.25) is 9.59 Å². The monoisotopic (exact) mass is 511 g/mol. The Labute approximate surface area is 204 Å². The second-order valence-corrected chi connectivity index (χ2v) is 8.95. The van der Waals surface area contributed by atoms with E-state index in [0.717, 1.165) is 0 Å². The maximum absolute atomic E-state index is 12.5. The fourth-order valence-corrected chi connectivity index (χ4v) is 4.10. The number of halogens is 3. The molecule has 0 aliphatic carbocycles. The number of thioether (sulfide) groups is 1. The zero-order valence-corrected chi connectivity index (χ0v) is 20.3. The number of anilines is 1. The van der Waals surface area contributed by atoms with Gasteiger partial charge in [0.25, 0.3) is 5.91 Å². The normalized spacial score (nSPS) is 11.8. The van der Waals surface area contributed by atoms with Crippen LogP contribution >= 0.6 is 46.6 Å². The van der Waals surface area contributed by atoms with Crippen LogP contribution in [0.3, 0.4) is 0 Å². The van der Waals surface area contributed by atoms with E-state index in [9.17, 15) is 9.59 Å². The van der Waals surface area contributed by atoms with E-state index < -0.39 is 0 Å². The lowest BCUT2D eigenvalue weighted by molar-refractivity contribution is -0.113. The fourth-order valence-electron chi connectivity index (χ4n) is 2.87. The number of nitrogens with zero attached hydrogens (tertiary/aromatic N) is 3. The molecule has 0 spiro atoms. The summed E-state index contributed by atoms with van der Waals surface area (Å²) in [5, 5.41) is 16.0. The first-order chi connectivity index (χ1) is 15.3. The summed E-state index contributed by atoms with van der Waals surface area (Å²) in [6.45, 7) is 4.36. The van der Waals surface area contributed by atoms with Gasteiger partial charge in [0.15, 0.2) is 11.0 Å². The number of nitrogens with one attached hydrogen (secondary N) is 2. The Morgan fingerprint density at radius 2 is 1.78 bits per heavy atom. The summed E-state index contributed by atoms with van der Waals surface area (Å²) < 4.78 is 1.86. The average molecular weight is 513 g/mol. The Hall–Kier alpha value is -2.26. The zero-order valence-electron chi connectivity index (χ0n) is 17.2. The van der Waals surface area contributed by atoms with E-state index in [1.54, 1.807) is 42.5 Å². The van der Waals surface area contributed by atoms with Crippen molar-refractivity contribution in [2.75, 3.05) is 11.1 Å². The van der Waals surface area contributed by atoms with Gasteiger partial charge in [-0.1, -0.05) is 46.6 Å². The van der Waals surface area contributed by atoms with Crippen molar-refractivity contribution in [3.8, 4) is 0 Å². The topological polar surface area (TPSA) is 88.9 Å². The largest absolute Gasteiger partial charge is 0.342 e. The Morgan fingerprint density at radius 1 is 1.06 bits per heavy atom. The van der Waals surface area contributed by atoms with E-state index in [0.29, 0.717) is 43.8 Å². The highest BCUT2D eigenvalue weighted by Crippen LogP contribution is 2.26. The van der Waals surface area contributed by atoms with Crippen LogP contribution in [0.25, 0.3) is 0 Å². The molecule has 2 aromatic carbocycles. The number of benzene rings is 2. The average Bonchev–Trinajstić information content (AvgIpc) is 3.18. The van der Waals surface area contributed by atoms with E-state index in [1.165, 1.54) is 11.8 Å². The number of rotatable bonds is 8. The molecule has 3 rings (SSSR count). The van der Waals surface area contributed by atoms with Crippen LogP contribution in [-0.4, -0.2) is 32.3 Å². The van der Waals surface area contributed by atoms with Crippen molar-refractivity contribution in [3.05, 3.63) is 68.9 Å². The van der Waals surface area contributed by atoms with Gasteiger partial charge < -0.3 is 15.2 Å². The summed E-state index contributed by atoms with van der Waals surface area (Å²) in [5.41, 5.74) is 1.05. The fraction of sp³-hybridized carbons (Fsp3) is 0.238. The van der Waals surface area contributed by atoms with Crippen molar-refractivity contribution in [1.29, 1.82) is 0 Å². The van der Waals surface area contributed by atoms with Crippen molar-refractivity contribution in [1.82, 2.24) is 20.1 Å². The number of carbonyl (C=O) groups is 2. The van der Waals surface area contributed by atoms with Gasteiger partial charge in [0.05, 0.1) is 21.8 Å². The van der Waals surface area contributed by atoms with Crippen LogP contribution in [0.5, 0.6) is 0 Å². The molecule has 0 aliphatic rings. The molecule has 168 valence electrons. The Kier molecular flexibility index (Phi) is 8.42. The summed E-state index contributed by atoms with van der Waals surface area (Å²) in [6, 6.07) is 11.1. The highest BCUT2D eigenvalue weighted by molar-refractivity contribution is 7.99. The quantitative estimate of drug-likeness (QED) is 0.390. The zero-order chi connectivity index (χ0) is 23.3. The van der Waals surface area contributed by atoms with E-state index in [4.69, 9.17) is 34.8 Å². The second kappa shape index (κ2) is 11.0. The molecule has 1 aromatic heterocycles. The van der Waals surface area contributed by atoms with Gasteiger partial charge in [0.1, 0.15) is 0 Å². The van der Waals surface area contributed by atoms with E-state index in [1.807, 2.05) is 18.4 Å². The van der Waals surface area contributed by atoms with Gasteiger partial charge in [-0.25, -0.2) is 0 Å². The van der Waals surface area contributed by atoms with Crippen molar-refractivity contribution in [2.24, 2.45) is 0 Å². The molecule has 0 aliphatic heterocycles. The molecule has 2 N–H and O–H groups in total. The van der Waals surface area contributed by atoms with E-state index in [-0.39, 0.29) is 23.6 Å². The predicted molar refractivity (Wildman–Crippen MR) is 129 cm³/mol. The van der Waals surface area contributed by atoms with Gasteiger partial charge in [-0.2, -0.15) is 0 Å². The third-order valence-electron chi connectivity index (χ3n) is 4.44. The highest BCUT2D eigenvalue weighted by atomic mass is 35.5. The molecule has 1 heterocycles. The number of carbonyl (C=O) groups excluding carboxylic acids is 2. The van der Waals surface area contributed by atoms with Gasteiger partial charge in [-0.05, 0) is 56.3 Å². The Bertz CT molecular complexity index is 1120. The predicted octanol–water partition coefficient (Wildman–Crippen LogP) is 5.48. The number of aromatic nitrogens is 3. The lowest BCUT2D eigenvalue weighted by Crippen LogP contribution is -2.28. The second-order valence-electron chi connectivity index (χ2n) is 6.75. The molecule has 2 amide bonds. The SMILES string of the molecule is CCn1c(SCC(=O)Nc2ccc(Cl)c(Cl)c2)nnc1[C@H](C)NC(=O)c1ccc(Cl)cc1. The molecule has 0 radical (unpaired) electrons. The molecule has 7 nitrogen and oxygen atoms in total. The summed E-state index contributed by atoms with van der Waals surface area (Å²) in [6.07, 6.45) is 0. The van der Waals surface area contributed by atoms with E-state index in [2.05, 4.69) is 20.8 Å². The van der Waals surface area contributed by atoms with Crippen LogP contribution in [0.4, 0.5) is 5.69 Å². The Morgan fingerprint density at radius 3 is 2.44 bits per heavy atom. The first kappa shape index (κ1) is 24.4. The van der Waals surface area contributed by atoms with Gasteiger partial charge >= 0.3 is 0 Å². The van der Waals surface area contributed by atoms with Crippen molar-refractivity contribution in [3.63, 3.8) is 0 Å². The minimum Gasteiger partial charge on any atom is -0.342 e. The van der Waals surface area contributed by atoms with Crippen LogP contribution in [0.1, 0.15) is 36.1 Å². The molecule has 32 heavy (non-hydrogen) atoms. The van der Waals surface area contributed by atoms with Gasteiger partial charge in [0.2, 0.25) is 5.91 Å². The van der Waals surface area contributed by atoms with Crippen LogP contribution in [0, 0.1) is 0 Å². The molecule has 0 bridgehead atoms. The third-order valence-corrected chi connectivity index (χ3v) is 6.40. The van der Waals surface area contributed by atoms with Crippen molar-refractivity contribution < 1.29 is 9.59 Å². The van der Waals surface area contributed by atoms with Gasteiger partial charge in [-0.15, -0.1) is 10.2 Å². The lowest BCUT2D eigenvalue weighted by Gasteiger charge is -2.15. The Balaban J connectivity index is 1.62. The molecule has 11 heteroatoms. The van der Waals surface area contributed by atoms with Gasteiger partial charge in [0, 0.05) is 22.8 Å². The van der Waals surface area contributed by atoms with Crippen molar-refractivity contribution in [2.45, 2.75) is 31.6 Å². The standard InChI is InChI=1S/C21H20Cl3N5O2S/c1-3-29-19(12(2)25-20(31)13-4-6-14(22)7-5-13)27-28-21(29)32-11-18(30)26-15-8-9-16(23)17(24)10-15/h4-10,12H,3,11H2,1-2H3,(H,25,31)(H,26,30)/t12-/m0/s1. The maximum Gasteiger partial charge on any atom is 0.251 e. The molecular weight excluding hydrogens is 493 g/mol. The summed E-state index contributed by atoms with van der Waals surface area (Å²) in [7, 11) is 0. The summed E-state index contributed by atoms with van der Waals surface area (Å²) in [5.74, 6) is 0.270. The molecule has 0 unspecified atom stereocenters. The van der Waals surface area contributed by atoms with Crippen molar-refractivity contribution >= 4 is 64.1 Å². The first-order valence-corrected chi connectivity index (χ1v) is 11.8. The van der Waals surface area contributed by atoms with Crippen LogP contribution in [-0.2, 0) is 11.3 Å². The third kappa shape index (κ3) is 6.16. The first-order valence-electron chi connectivity index (χ1n) is 9.65. The highest BCUT2D eigenvalue weighted by Gasteiger charge is 2.20. The number of hydrogen-bond acceptors (Lipinski definition) is 5. The lowest BCUT2D eigenvalue weighted by atomic mass is 10.2. The molecule has 1 atom stereocenters. The van der Waals surface area contributed by atoms with Crippen LogP contribution in [0.2, 0.25) is 15.1 Å². The minimum absolute atomic E-state index is 0.129. The molecule has 3 aromatic rings. The molecule has 0 saturated carbocycles.